The molecule has 1 aliphatic rings. The lowest BCUT2D eigenvalue weighted by atomic mass is 10.0. The first kappa shape index (κ1) is 17.5. The van der Waals surface area contributed by atoms with Crippen molar-refractivity contribution in [1.82, 2.24) is 9.62 Å². The smallest absolute Gasteiger partial charge is 0.254 e. The second-order valence-electron chi connectivity index (χ2n) is 5.64. The van der Waals surface area contributed by atoms with Gasteiger partial charge in [-0.2, -0.15) is 0 Å². The molecule has 2 heterocycles. The van der Waals surface area contributed by atoms with Crippen LogP contribution in [-0.4, -0.2) is 38.4 Å². The molecule has 1 N–H and O–H groups in total. The second-order valence-corrected chi connectivity index (χ2v) is 9.01. The molecule has 0 aliphatic carbocycles. The minimum atomic E-state index is -3.46. The highest BCUT2D eigenvalue weighted by Crippen LogP contribution is 2.21. The van der Waals surface area contributed by atoms with Crippen molar-refractivity contribution in [2.75, 3.05) is 13.1 Å². The molecule has 1 aromatic heterocycles. The average Bonchev–Trinajstić information content (AvgIpc) is 3.10. The number of sulfonamides is 1. The lowest BCUT2D eigenvalue weighted by Crippen LogP contribution is -2.46. The number of benzene rings is 1. The van der Waals surface area contributed by atoms with Crippen molar-refractivity contribution in [2.45, 2.75) is 28.0 Å². The number of carbonyl (C=O) groups is 1. The van der Waals surface area contributed by atoms with E-state index in [1.54, 1.807) is 34.5 Å². The largest absolute Gasteiger partial charge is 0.338 e. The normalized spacial score (nSPS) is 16.3. The van der Waals surface area contributed by atoms with Crippen molar-refractivity contribution in [1.29, 1.82) is 0 Å². The molecule has 0 spiro atoms. The van der Waals surface area contributed by atoms with Crippen LogP contribution in [0.2, 0.25) is 0 Å². The van der Waals surface area contributed by atoms with E-state index in [0.717, 1.165) is 0 Å². The number of hydrogen-bond donors (Lipinski definition) is 2. The maximum atomic E-state index is 12.5. The third-order valence-electron chi connectivity index (χ3n) is 4.00. The Morgan fingerprint density at radius 1 is 1.17 bits per heavy atom. The van der Waals surface area contributed by atoms with E-state index in [-0.39, 0.29) is 11.9 Å². The highest BCUT2D eigenvalue weighted by Gasteiger charge is 2.28. The highest BCUT2D eigenvalue weighted by molar-refractivity contribution is 7.91. The molecular weight excluding hydrogens is 364 g/mol. The maximum Gasteiger partial charge on any atom is 0.254 e. The fraction of sp³-hybridized carbons (Fsp3) is 0.312. The van der Waals surface area contributed by atoms with Gasteiger partial charge in [-0.15, -0.1) is 24.0 Å². The third-order valence-corrected chi connectivity index (χ3v) is 7.31. The highest BCUT2D eigenvalue weighted by atomic mass is 32.2. The van der Waals surface area contributed by atoms with Gasteiger partial charge in [0.25, 0.3) is 5.91 Å². The summed E-state index contributed by atoms with van der Waals surface area (Å²) in [5.41, 5.74) is 0.582. The van der Waals surface area contributed by atoms with Crippen LogP contribution in [0.15, 0.2) is 50.9 Å². The van der Waals surface area contributed by atoms with Crippen LogP contribution in [-0.2, 0) is 10.0 Å². The summed E-state index contributed by atoms with van der Waals surface area (Å²) in [6.07, 6.45) is 1.20. The lowest BCUT2D eigenvalue weighted by molar-refractivity contribution is 0.0708. The first-order chi connectivity index (χ1) is 11.5. The van der Waals surface area contributed by atoms with Crippen molar-refractivity contribution in [3.63, 3.8) is 0 Å². The van der Waals surface area contributed by atoms with E-state index in [0.29, 0.717) is 40.6 Å². The third kappa shape index (κ3) is 3.83. The first-order valence-corrected chi connectivity index (χ1v) is 10.4. The summed E-state index contributed by atoms with van der Waals surface area (Å²) in [7, 11) is -3.46. The lowest BCUT2D eigenvalue weighted by Gasteiger charge is -2.32. The van der Waals surface area contributed by atoms with E-state index in [9.17, 15) is 13.2 Å². The van der Waals surface area contributed by atoms with Gasteiger partial charge in [-0.3, -0.25) is 4.79 Å². The Balaban J connectivity index is 1.60. The van der Waals surface area contributed by atoms with Crippen molar-refractivity contribution in [3.05, 3.63) is 47.3 Å². The number of thiophene rings is 1. The summed E-state index contributed by atoms with van der Waals surface area (Å²) in [5, 5.41) is 1.74. The molecule has 0 radical (unpaired) electrons. The van der Waals surface area contributed by atoms with Gasteiger partial charge in [0, 0.05) is 24.0 Å². The maximum absolute atomic E-state index is 12.5. The number of nitrogens with zero attached hydrogens (tertiary/aromatic N) is 1. The van der Waals surface area contributed by atoms with Crippen molar-refractivity contribution in [2.24, 2.45) is 0 Å². The van der Waals surface area contributed by atoms with Crippen LogP contribution in [0, 0.1) is 0 Å². The van der Waals surface area contributed by atoms with Gasteiger partial charge in [-0.05, 0) is 36.4 Å². The molecule has 0 saturated carbocycles. The van der Waals surface area contributed by atoms with E-state index in [2.05, 4.69) is 17.4 Å². The molecule has 8 heteroatoms. The minimum Gasteiger partial charge on any atom is -0.338 e. The molecule has 1 saturated heterocycles. The molecule has 0 unspecified atom stereocenters. The van der Waals surface area contributed by atoms with Crippen molar-refractivity contribution >= 4 is 39.9 Å². The summed E-state index contributed by atoms with van der Waals surface area (Å²) in [4.78, 5) is 14.9. The van der Waals surface area contributed by atoms with Gasteiger partial charge in [0.15, 0.2) is 0 Å². The molecule has 1 aromatic carbocycles. The molecular formula is C16H18N2O3S3. The number of likely N-dealkylation sites (tertiary alicyclic amines) is 1. The Bertz CT molecular complexity index is 811. The van der Waals surface area contributed by atoms with Crippen LogP contribution in [0.4, 0.5) is 0 Å². The molecule has 1 aliphatic heterocycles. The zero-order chi connectivity index (χ0) is 17.2. The van der Waals surface area contributed by atoms with Crippen LogP contribution in [0.1, 0.15) is 23.2 Å². The van der Waals surface area contributed by atoms with Gasteiger partial charge in [0.2, 0.25) is 10.0 Å². The monoisotopic (exact) mass is 382 g/mol. The summed E-state index contributed by atoms with van der Waals surface area (Å²) in [5.74, 6) is -0.0554. The van der Waals surface area contributed by atoms with E-state index < -0.39 is 10.0 Å². The van der Waals surface area contributed by atoms with Crippen LogP contribution < -0.4 is 4.72 Å². The Labute approximate surface area is 151 Å². The Morgan fingerprint density at radius 2 is 1.88 bits per heavy atom. The average molecular weight is 383 g/mol. The van der Waals surface area contributed by atoms with Gasteiger partial charge in [-0.25, -0.2) is 13.1 Å². The number of amides is 1. The topological polar surface area (TPSA) is 66.5 Å². The van der Waals surface area contributed by atoms with Gasteiger partial charge in [0.1, 0.15) is 4.21 Å². The zero-order valence-corrected chi connectivity index (χ0v) is 15.4. The van der Waals surface area contributed by atoms with Crippen LogP contribution in [0.3, 0.4) is 0 Å². The molecule has 0 atom stereocenters. The van der Waals surface area contributed by atoms with Crippen LogP contribution >= 0.6 is 24.0 Å². The molecule has 24 heavy (non-hydrogen) atoms. The standard InChI is InChI=1S/C16H18N2O3S3/c19-16(13-4-1-2-5-14(13)22)18-9-7-12(8-10-18)17-24(20,21)15-6-3-11-23-15/h1-6,11-12,17,22H,7-10H2. The number of piperidine rings is 1. The van der Waals surface area contributed by atoms with E-state index in [4.69, 9.17) is 0 Å². The number of hydrogen-bond acceptors (Lipinski definition) is 5. The number of rotatable bonds is 4. The Morgan fingerprint density at radius 3 is 2.50 bits per heavy atom. The minimum absolute atomic E-state index is 0.0554. The number of nitrogens with one attached hydrogen (secondary N) is 1. The molecule has 0 bridgehead atoms. The number of thiol groups is 1. The Hall–Kier alpha value is -1.35. The van der Waals surface area contributed by atoms with E-state index >= 15 is 0 Å². The second kappa shape index (κ2) is 7.26. The quantitative estimate of drug-likeness (QED) is 0.799. The Kier molecular flexibility index (Phi) is 5.29. The predicted molar refractivity (Wildman–Crippen MR) is 97.3 cm³/mol. The summed E-state index contributed by atoms with van der Waals surface area (Å²) in [6.45, 7) is 1.05. The molecule has 2 aromatic rings. The van der Waals surface area contributed by atoms with E-state index in [1.807, 2.05) is 12.1 Å². The summed E-state index contributed by atoms with van der Waals surface area (Å²) in [6, 6.07) is 10.4. The van der Waals surface area contributed by atoms with Gasteiger partial charge in [-0.1, -0.05) is 18.2 Å². The molecule has 5 nitrogen and oxygen atoms in total. The van der Waals surface area contributed by atoms with Crippen LogP contribution in [0.25, 0.3) is 0 Å². The zero-order valence-electron chi connectivity index (χ0n) is 12.9. The number of carbonyl (C=O) groups excluding carboxylic acids is 1. The van der Waals surface area contributed by atoms with Crippen molar-refractivity contribution in [3.8, 4) is 0 Å². The summed E-state index contributed by atoms with van der Waals surface area (Å²) < 4.78 is 27.6. The molecule has 1 fully saturated rings. The van der Waals surface area contributed by atoms with Crippen LogP contribution in [0.5, 0.6) is 0 Å². The molecule has 3 rings (SSSR count). The SMILES string of the molecule is O=C(c1ccccc1S)N1CCC(NS(=O)(=O)c2cccs2)CC1. The van der Waals surface area contributed by atoms with E-state index in [1.165, 1.54) is 11.3 Å². The van der Waals surface area contributed by atoms with Gasteiger partial charge < -0.3 is 4.90 Å². The fourth-order valence-electron chi connectivity index (χ4n) is 2.72. The van der Waals surface area contributed by atoms with Crippen molar-refractivity contribution < 1.29 is 13.2 Å². The fourth-order valence-corrected chi connectivity index (χ4v) is 5.29. The molecule has 1 amide bonds. The molecule has 128 valence electrons. The van der Waals surface area contributed by atoms with Gasteiger partial charge >= 0.3 is 0 Å². The summed E-state index contributed by atoms with van der Waals surface area (Å²) >= 11 is 5.53. The predicted octanol–water partition coefficient (Wildman–Crippen LogP) is 2.62. The van der Waals surface area contributed by atoms with Gasteiger partial charge in [0.05, 0.1) is 5.56 Å². The first-order valence-electron chi connectivity index (χ1n) is 7.60.